The van der Waals surface area contributed by atoms with Gasteiger partial charge < -0.3 is 24.4 Å². The Morgan fingerprint density at radius 3 is 2.88 bits per heavy atom. The number of nitrogens with one attached hydrogen (secondary N) is 1. The second-order valence-corrected chi connectivity index (χ2v) is 6.14. The van der Waals surface area contributed by atoms with Crippen LogP contribution in [-0.4, -0.2) is 32.4 Å². The Morgan fingerprint density at radius 1 is 1.12 bits per heavy atom. The Morgan fingerprint density at radius 2 is 1.96 bits per heavy atom. The van der Waals surface area contributed by atoms with Gasteiger partial charge in [0.1, 0.15) is 12.4 Å². The molecule has 0 radical (unpaired) electrons. The van der Waals surface area contributed by atoms with Crippen molar-refractivity contribution in [3.8, 4) is 17.2 Å². The summed E-state index contributed by atoms with van der Waals surface area (Å²) in [6.45, 7) is 3.79. The molecule has 6 heteroatoms. The Kier molecular flexibility index (Phi) is 4.09. The Balaban J connectivity index is 1.41. The summed E-state index contributed by atoms with van der Waals surface area (Å²) in [6, 6.07) is 13.4. The first-order valence-corrected chi connectivity index (χ1v) is 8.36. The van der Waals surface area contributed by atoms with E-state index in [9.17, 15) is 4.79 Å². The van der Waals surface area contributed by atoms with E-state index < -0.39 is 0 Å². The Labute approximate surface area is 146 Å². The molecule has 1 amide bonds. The van der Waals surface area contributed by atoms with E-state index in [1.54, 1.807) is 0 Å². The van der Waals surface area contributed by atoms with Crippen LogP contribution in [0.3, 0.4) is 0 Å². The molecule has 2 heterocycles. The highest BCUT2D eigenvalue weighted by atomic mass is 16.7. The van der Waals surface area contributed by atoms with Crippen LogP contribution in [0.1, 0.15) is 18.5 Å². The van der Waals surface area contributed by atoms with Crippen molar-refractivity contribution in [3.05, 3.63) is 48.0 Å². The van der Waals surface area contributed by atoms with Gasteiger partial charge in [-0.2, -0.15) is 0 Å². The number of nitrogens with zero attached hydrogens (tertiary/aromatic N) is 1. The number of anilines is 1. The van der Waals surface area contributed by atoms with Gasteiger partial charge in [-0.1, -0.05) is 18.2 Å². The average molecular weight is 340 g/mol. The summed E-state index contributed by atoms with van der Waals surface area (Å²) in [5.41, 5.74) is 1.94. The van der Waals surface area contributed by atoms with Gasteiger partial charge in [-0.3, -0.25) is 4.79 Å². The van der Waals surface area contributed by atoms with E-state index in [-0.39, 0.29) is 18.7 Å². The zero-order valence-corrected chi connectivity index (χ0v) is 14.0. The fraction of sp³-hybridized carbons (Fsp3) is 0.316. The summed E-state index contributed by atoms with van der Waals surface area (Å²) < 4.78 is 16.3. The highest BCUT2D eigenvalue weighted by Crippen LogP contribution is 2.34. The topological polar surface area (TPSA) is 60.0 Å². The third kappa shape index (κ3) is 3.20. The van der Waals surface area contributed by atoms with E-state index in [4.69, 9.17) is 14.2 Å². The minimum Gasteiger partial charge on any atom is -0.490 e. The fourth-order valence-electron chi connectivity index (χ4n) is 3.12. The number of hydrogen-bond donors (Lipinski definition) is 1. The van der Waals surface area contributed by atoms with E-state index in [1.165, 1.54) is 0 Å². The van der Waals surface area contributed by atoms with E-state index in [0.717, 1.165) is 28.5 Å². The summed E-state index contributed by atoms with van der Waals surface area (Å²) in [7, 11) is 0. The molecule has 1 atom stereocenters. The van der Waals surface area contributed by atoms with Gasteiger partial charge in [-0.05, 0) is 36.8 Å². The smallest absolute Gasteiger partial charge is 0.239 e. The van der Waals surface area contributed by atoms with Crippen LogP contribution in [0.5, 0.6) is 17.2 Å². The first-order chi connectivity index (χ1) is 12.2. The van der Waals surface area contributed by atoms with Crippen molar-refractivity contribution >= 4 is 11.6 Å². The molecule has 0 unspecified atom stereocenters. The van der Waals surface area contributed by atoms with Gasteiger partial charge in [0.2, 0.25) is 12.7 Å². The second kappa shape index (κ2) is 6.55. The van der Waals surface area contributed by atoms with Crippen molar-refractivity contribution < 1.29 is 19.0 Å². The molecular weight excluding hydrogens is 320 g/mol. The average Bonchev–Trinajstić information content (AvgIpc) is 3.09. The lowest BCUT2D eigenvalue weighted by Crippen LogP contribution is -2.41. The number of carbonyl (C=O) groups excluding carboxylic acids is 1. The quantitative estimate of drug-likeness (QED) is 0.927. The molecule has 2 aromatic carbocycles. The fourth-order valence-corrected chi connectivity index (χ4v) is 3.12. The van der Waals surface area contributed by atoms with Crippen molar-refractivity contribution in [2.24, 2.45) is 0 Å². The molecule has 0 aliphatic carbocycles. The first kappa shape index (κ1) is 15.6. The lowest BCUT2D eigenvalue weighted by atomic mass is 10.1. The zero-order chi connectivity index (χ0) is 17.2. The van der Waals surface area contributed by atoms with Gasteiger partial charge in [-0.15, -0.1) is 0 Å². The summed E-state index contributed by atoms with van der Waals surface area (Å²) in [5.74, 6) is 2.26. The maximum absolute atomic E-state index is 12.5. The minimum absolute atomic E-state index is 0.0260. The molecule has 0 saturated heterocycles. The van der Waals surface area contributed by atoms with E-state index in [1.807, 2.05) is 54.3 Å². The molecule has 0 saturated carbocycles. The van der Waals surface area contributed by atoms with Crippen LogP contribution in [0, 0.1) is 0 Å². The molecule has 0 fully saturated rings. The Hall–Kier alpha value is -2.89. The predicted octanol–water partition coefficient (Wildman–Crippen LogP) is 2.49. The Bertz CT molecular complexity index is 793. The van der Waals surface area contributed by atoms with Crippen LogP contribution in [-0.2, 0) is 4.79 Å². The molecule has 0 aromatic heterocycles. The number of rotatable bonds is 4. The summed E-state index contributed by atoms with van der Waals surface area (Å²) in [5, 5.41) is 3.05. The van der Waals surface area contributed by atoms with E-state index >= 15 is 0 Å². The summed E-state index contributed by atoms with van der Waals surface area (Å²) >= 11 is 0. The van der Waals surface area contributed by atoms with Gasteiger partial charge in [0.25, 0.3) is 0 Å². The molecule has 0 spiro atoms. The lowest BCUT2D eigenvalue weighted by Gasteiger charge is -2.31. The largest absolute Gasteiger partial charge is 0.490 e. The maximum atomic E-state index is 12.5. The van der Waals surface area contributed by atoms with Gasteiger partial charge in [0.05, 0.1) is 24.8 Å². The van der Waals surface area contributed by atoms with Crippen LogP contribution in [0.25, 0.3) is 0 Å². The molecular formula is C19H20N2O4. The minimum atomic E-state index is -0.113. The monoisotopic (exact) mass is 340 g/mol. The van der Waals surface area contributed by atoms with Crippen LogP contribution >= 0.6 is 0 Å². The number of fused-ring (bicyclic) bond motifs is 2. The lowest BCUT2D eigenvalue weighted by molar-refractivity contribution is -0.120. The number of ether oxygens (including phenoxy) is 3. The highest BCUT2D eigenvalue weighted by molar-refractivity contribution is 5.82. The predicted molar refractivity (Wildman–Crippen MR) is 93.3 cm³/mol. The molecule has 25 heavy (non-hydrogen) atoms. The standard InChI is InChI=1S/C19H20N2O4/c1-13(14-6-7-17-18(10-14)25-12-24-17)20-19(22)11-21-8-9-23-16-5-3-2-4-15(16)21/h2-7,10,13H,8-9,11-12H2,1H3,(H,20,22)/t13-/m1/s1. The van der Waals surface area contributed by atoms with Crippen molar-refractivity contribution in [2.75, 3.05) is 31.4 Å². The number of hydrogen-bond acceptors (Lipinski definition) is 5. The van der Waals surface area contributed by atoms with Gasteiger partial charge in [0.15, 0.2) is 11.5 Å². The second-order valence-electron chi connectivity index (χ2n) is 6.14. The van der Waals surface area contributed by atoms with Crippen LogP contribution in [0.2, 0.25) is 0 Å². The molecule has 4 rings (SSSR count). The van der Waals surface area contributed by atoms with Crippen LogP contribution < -0.4 is 24.4 Å². The molecule has 1 N–H and O–H groups in total. The summed E-state index contributed by atoms with van der Waals surface area (Å²) in [4.78, 5) is 14.5. The van der Waals surface area contributed by atoms with Crippen molar-refractivity contribution in [3.63, 3.8) is 0 Å². The van der Waals surface area contributed by atoms with Crippen LogP contribution in [0.4, 0.5) is 5.69 Å². The number of amides is 1. The number of benzene rings is 2. The summed E-state index contributed by atoms with van der Waals surface area (Å²) in [6.07, 6.45) is 0. The van der Waals surface area contributed by atoms with E-state index in [0.29, 0.717) is 19.7 Å². The molecule has 6 nitrogen and oxygen atoms in total. The third-order valence-electron chi connectivity index (χ3n) is 4.43. The zero-order valence-electron chi connectivity index (χ0n) is 14.0. The normalized spacial score (nSPS) is 16.0. The highest BCUT2D eigenvalue weighted by Gasteiger charge is 2.21. The van der Waals surface area contributed by atoms with Crippen LogP contribution in [0.15, 0.2) is 42.5 Å². The molecule has 130 valence electrons. The first-order valence-electron chi connectivity index (χ1n) is 8.36. The van der Waals surface area contributed by atoms with Gasteiger partial charge in [0, 0.05) is 0 Å². The third-order valence-corrected chi connectivity index (χ3v) is 4.43. The number of para-hydroxylation sites is 2. The van der Waals surface area contributed by atoms with Crippen molar-refractivity contribution in [1.29, 1.82) is 0 Å². The van der Waals surface area contributed by atoms with Gasteiger partial charge in [-0.25, -0.2) is 0 Å². The van der Waals surface area contributed by atoms with E-state index in [2.05, 4.69) is 5.32 Å². The van der Waals surface area contributed by atoms with Crippen molar-refractivity contribution in [2.45, 2.75) is 13.0 Å². The maximum Gasteiger partial charge on any atom is 0.239 e. The number of carbonyl (C=O) groups is 1. The van der Waals surface area contributed by atoms with Gasteiger partial charge >= 0.3 is 0 Å². The van der Waals surface area contributed by atoms with Crippen molar-refractivity contribution in [1.82, 2.24) is 5.32 Å². The molecule has 0 bridgehead atoms. The molecule has 2 aliphatic heterocycles. The molecule has 2 aliphatic rings. The molecule has 2 aromatic rings. The SMILES string of the molecule is C[C@@H](NC(=O)CN1CCOc2ccccc21)c1ccc2c(c1)OCO2.